The number of aryl methyl sites for hydroxylation is 2. The van der Waals surface area contributed by atoms with Crippen molar-refractivity contribution in [3.63, 3.8) is 0 Å². The Hall–Kier alpha value is -2.70. The maximum absolute atomic E-state index is 12.7. The molecule has 0 unspecified atom stereocenters. The number of unbranched alkanes of at least 4 members (excludes halogenated alkanes) is 14. The highest BCUT2D eigenvalue weighted by molar-refractivity contribution is 5.89. The molecule has 0 spiro atoms. The third-order valence-corrected chi connectivity index (χ3v) is 7.82. The minimum absolute atomic E-state index is 0.0535. The van der Waals surface area contributed by atoms with Crippen LogP contribution in [0.15, 0.2) is 48.5 Å². The molecule has 0 saturated heterocycles. The zero-order valence-corrected chi connectivity index (χ0v) is 27.4. The van der Waals surface area contributed by atoms with E-state index in [1.165, 1.54) is 81.8 Å². The second-order valence-corrected chi connectivity index (χ2v) is 11.7. The molecule has 0 amide bonds. The van der Waals surface area contributed by atoms with Gasteiger partial charge in [-0.3, -0.25) is 9.78 Å². The number of carbonyl (C=O) groups is 2. The molecule has 6 heteroatoms. The third-order valence-electron chi connectivity index (χ3n) is 7.82. The van der Waals surface area contributed by atoms with E-state index < -0.39 is 11.9 Å². The molecule has 6 nitrogen and oxygen atoms in total. The summed E-state index contributed by atoms with van der Waals surface area (Å²) >= 11 is 0. The maximum Gasteiger partial charge on any atom is 0.373 e. The molecule has 2 aromatic carbocycles. The summed E-state index contributed by atoms with van der Waals surface area (Å²) in [5.74, 6) is -1.27. The van der Waals surface area contributed by atoms with Gasteiger partial charge in [-0.15, -0.1) is 9.78 Å². The van der Waals surface area contributed by atoms with Gasteiger partial charge < -0.3 is 0 Å². The monoisotopic (exact) mass is 608 g/mol. The highest BCUT2D eigenvalue weighted by Crippen LogP contribution is 2.20. The first-order valence-electron chi connectivity index (χ1n) is 17.2. The van der Waals surface area contributed by atoms with Gasteiger partial charge in [0, 0.05) is 6.42 Å². The van der Waals surface area contributed by atoms with Crippen molar-refractivity contribution in [1.82, 2.24) is 0 Å². The van der Waals surface area contributed by atoms with E-state index in [0.717, 1.165) is 51.4 Å². The van der Waals surface area contributed by atoms with Gasteiger partial charge in [-0.2, -0.15) is 0 Å². The molecule has 0 aliphatic carbocycles. The lowest BCUT2D eigenvalue weighted by atomic mass is 10.0. The van der Waals surface area contributed by atoms with Crippen LogP contribution in [0.3, 0.4) is 0 Å². The van der Waals surface area contributed by atoms with Crippen LogP contribution in [0.25, 0.3) is 0 Å². The van der Waals surface area contributed by atoms with Gasteiger partial charge >= 0.3 is 18.2 Å². The lowest BCUT2D eigenvalue weighted by Crippen LogP contribution is -2.16. The number of hydrogen-bond donors (Lipinski definition) is 0. The normalized spacial score (nSPS) is 11.2. The Labute approximate surface area is 267 Å². The predicted molar refractivity (Wildman–Crippen MR) is 176 cm³/mol. The van der Waals surface area contributed by atoms with Gasteiger partial charge in [0.05, 0.1) is 11.1 Å². The summed E-state index contributed by atoms with van der Waals surface area (Å²) in [4.78, 5) is 46.1. The molecule has 0 aliphatic rings. The predicted octanol–water partition coefficient (Wildman–Crippen LogP) is 11.0. The van der Waals surface area contributed by atoms with Crippen LogP contribution >= 0.6 is 0 Å². The Bertz CT molecular complexity index is 929. The molecule has 0 bridgehead atoms. The van der Waals surface area contributed by atoms with Crippen molar-refractivity contribution >= 4 is 11.9 Å². The van der Waals surface area contributed by atoms with E-state index in [9.17, 15) is 9.59 Å². The van der Waals surface area contributed by atoms with Gasteiger partial charge in [0.25, 0.3) is 0 Å². The Balaban J connectivity index is 1.84. The van der Waals surface area contributed by atoms with Crippen molar-refractivity contribution < 1.29 is 29.1 Å². The number of carbonyl (C=O) groups excluding carboxylic acids is 2. The van der Waals surface area contributed by atoms with Crippen molar-refractivity contribution in [2.75, 3.05) is 0 Å². The third kappa shape index (κ3) is 17.0. The van der Waals surface area contributed by atoms with E-state index in [0.29, 0.717) is 17.5 Å². The fraction of sp³-hybridized carbons (Fsp3) is 0.579. The van der Waals surface area contributed by atoms with Gasteiger partial charge in [0.1, 0.15) is 0 Å². The van der Waals surface area contributed by atoms with Gasteiger partial charge in [0.2, 0.25) is 0 Å². The Kier molecular flexibility index (Phi) is 21.0. The molecule has 2 radical (unpaired) electrons. The number of rotatable bonds is 26. The van der Waals surface area contributed by atoms with Crippen molar-refractivity contribution in [3.8, 4) is 0 Å². The van der Waals surface area contributed by atoms with Crippen LogP contribution in [0, 0.1) is 13.2 Å². The summed E-state index contributed by atoms with van der Waals surface area (Å²) in [5.41, 5.74) is 3.14. The average molecular weight is 609 g/mol. The molecular formula is C38H56O6. The van der Waals surface area contributed by atoms with E-state index in [4.69, 9.17) is 19.6 Å². The van der Waals surface area contributed by atoms with E-state index in [2.05, 4.69) is 20.8 Å². The van der Waals surface area contributed by atoms with Crippen LogP contribution in [0.1, 0.15) is 161 Å². The summed E-state index contributed by atoms with van der Waals surface area (Å²) in [5, 5.41) is 0. The quantitative estimate of drug-likeness (QED) is 0.0601. The molecule has 0 heterocycles. The fourth-order valence-electron chi connectivity index (χ4n) is 5.00. The standard InChI is InChI=1S/C38H56O6/c1-4-7-10-13-14-15-16-17-20-23-36(41-43-37(39)34-28-24-32(25-29-34)21-18-11-8-5-2)42-44-38(40)35-30-26-33(27-31-35)22-19-12-9-6-3/h24-31H,1,4-23H2,2-3H3. The molecule has 0 saturated carbocycles. The molecule has 0 aromatic heterocycles. The zero-order valence-electron chi connectivity index (χ0n) is 27.4. The van der Waals surface area contributed by atoms with Crippen molar-refractivity contribution in [2.24, 2.45) is 0 Å². The Morgan fingerprint density at radius 3 is 1.30 bits per heavy atom. The molecule has 0 atom stereocenters. The van der Waals surface area contributed by atoms with Crippen LogP contribution in [-0.2, 0) is 32.4 Å². The zero-order chi connectivity index (χ0) is 31.7. The lowest BCUT2D eigenvalue weighted by molar-refractivity contribution is -0.363. The van der Waals surface area contributed by atoms with Gasteiger partial charge in [-0.05, 0) is 67.5 Å². The second kappa shape index (κ2) is 24.6. The molecule has 0 fully saturated rings. The van der Waals surface area contributed by atoms with Crippen LogP contribution in [0.5, 0.6) is 0 Å². The first-order valence-corrected chi connectivity index (χ1v) is 17.2. The molecule has 0 N–H and O–H groups in total. The van der Waals surface area contributed by atoms with Crippen molar-refractivity contribution in [1.29, 1.82) is 0 Å². The SMILES string of the molecule is [CH2]CCCCCCCCCC[C](OOC(=O)c1ccc(CCCCCC)cc1)OOC(=O)c1ccc(CCCCCC)cc1. The van der Waals surface area contributed by atoms with E-state index in [-0.39, 0.29) is 6.29 Å². The summed E-state index contributed by atoms with van der Waals surface area (Å²) in [6.07, 6.45) is 21.7. The highest BCUT2D eigenvalue weighted by atomic mass is 17.3. The molecular weight excluding hydrogens is 552 g/mol. The highest BCUT2D eigenvalue weighted by Gasteiger charge is 2.21. The van der Waals surface area contributed by atoms with E-state index in [1.54, 1.807) is 24.3 Å². The summed E-state index contributed by atoms with van der Waals surface area (Å²) in [6, 6.07) is 14.7. The summed E-state index contributed by atoms with van der Waals surface area (Å²) in [7, 11) is 0. The Morgan fingerprint density at radius 1 is 0.500 bits per heavy atom. The van der Waals surface area contributed by atoms with Gasteiger partial charge in [-0.1, -0.05) is 135 Å². The second-order valence-electron chi connectivity index (χ2n) is 11.7. The average Bonchev–Trinajstić information content (AvgIpc) is 3.05. The minimum atomic E-state index is -0.633. The molecule has 2 rings (SSSR count). The topological polar surface area (TPSA) is 71.1 Å². The van der Waals surface area contributed by atoms with Crippen LogP contribution in [-0.4, -0.2) is 11.9 Å². The van der Waals surface area contributed by atoms with Crippen LogP contribution in [0.2, 0.25) is 0 Å². The summed E-state index contributed by atoms with van der Waals surface area (Å²) < 4.78 is 0. The smallest absolute Gasteiger partial charge is 0.289 e. The number of hydrogen-bond acceptors (Lipinski definition) is 6. The van der Waals surface area contributed by atoms with E-state index in [1.807, 2.05) is 24.3 Å². The molecule has 44 heavy (non-hydrogen) atoms. The van der Waals surface area contributed by atoms with Crippen molar-refractivity contribution in [3.05, 3.63) is 84.0 Å². The minimum Gasteiger partial charge on any atom is -0.289 e. The number of benzene rings is 2. The fourth-order valence-corrected chi connectivity index (χ4v) is 5.00. The summed E-state index contributed by atoms with van der Waals surface area (Å²) in [6.45, 7) is 8.29. The van der Waals surface area contributed by atoms with E-state index >= 15 is 0 Å². The van der Waals surface area contributed by atoms with Gasteiger partial charge in [0.15, 0.2) is 0 Å². The molecule has 244 valence electrons. The molecule has 2 aromatic rings. The van der Waals surface area contributed by atoms with Crippen LogP contribution in [0.4, 0.5) is 0 Å². The first-order chi connectivity index (χ1) is 21.6. The maximum atomic E-state index is 12.7. The largest absolute Gasteiger partial charge is 0.373 e. The van der Waals surface area contributed by atoms with Crippen molar-refractivity contribution in [2.45, 2.75) is 142 Å². The van der Waals surface area contributed by atoms with Crippen LogP contribution < -0.4 is 0 Å². The first kappa shape index (κ1) is 37.5. The Morgan fingerprint density at radius 2 is 0.886 bits per heavy atom. The van der Waals surface area contributed by atoms with Gasteiger partial charge in [-0.25, -0.2) is 9.59 Å². The lowest BCUT2D eigenvalue weighted by Gasteiger charge is -2.14. The molecule has 0 aliphatic heterocycles.